The van der Waals surface area contributed by atoms with Crippen molar-refractivity contribution >= 4 is 23.2 Å². The lowest BCUT2D eigenvalue weighted by atomic mass is 10.1. The smallest absolute Gasteiger partial charge is 0.203 e. The van der Waals surface area contributed by atoms with Crippen LogP contribution in [0.2, 0.25) is 10.0 Å². The molecule has 1 atom stereocenters. The van der Waals surface area contributed by atoms with Crippen LogP contribution in [0.15, 0.2) is 30.3 Å². The van der Waals surface area contributed by atoms with Crippen LogP contribution in [0.25, 0.3) is 0 Å². The first-order valence-electron chi connectivity index (χ1n) is 7.48. The van der Waals surface area contributed by atoms with Gasteiger partial charge in [-0.05, 0) is 30.7 Å². The molecule has 130 valence electrons. The molecule has 0 amide bonds. The molecule has 0 saturated carbocycles. The van der Waals surface area contributed by atoms with Crippen molar-refractivity contribution in [2.45, 2.75) is 19.5 Å². The fourth-order valence-corrected chi connectivity index (χ4v) is 3.10. The summed E-state index contributed by atoms with van der Waals surface area (Å²) >= 11 is 12.2. The van der Waals surface area contributed by atoms with E-state index in [1.807, 2.05) is 31.2 Å². The van der Waals surface area contributed by atoms with Gasteiger partial charge in [0.05, 0.1) is 21.3 Å². The fraction of sp³-hybridized carbons (Fsp3) is 0.333. The van der Waals surface area contributed by atoms with Crippen LogP contribution in [0.4, 0.5) is 0 Å². The molecule has 0 bridgehead atoms. The molecule has 1 N–H and O–H groups in total. The largest absolute Gasteiger partial charge is 0.493 e. The molecule has 24 heavy (non-hydrogen) atoms. The lowest BCUT2D eigenvalue weighted by Gasteiger charge is -2.19. The molecule has 0 aliphatic carbocycles. The molecule has 4 nitrogen and oxygen atoms in total. The average molecular weight is 370 g/mol. The van der Waals surface area contributed by atoms with Gasteiger partial charge >= 0.3 is 0 Å². The molecular formula is C18H21Cl2NO3. The second-order valence-electron chi connectivity index (χ2n) is 5.26. The zero-order valence-electron chi connectivity index (χ0n) is 14.2. The van der Waals surface area contributed by atoms with E-state index in [4.69, 9.17) is 37.4 Å². The minimum absolute atomic E-state index is 0.0487. The van der Waals surface area contributed by atoms with E-state index >= 15 is 0 Å². The highest BCUT2D eigenvalue weighted by molar-refractivity contribution is 6.35. The van der Waals surface area contributed by atoms with Crippen molar-refractivity contribution < 1.29 is 14.2 Å². The van der Waals surface area contributed by atoms with Crippen molar-refractivity contribution in [2.75, 3.05) is 21.3 Å². The Morgan fingerprint density at radius 1 is 0.958 bits per heavy atom. The van der Waals surface area contributed by atoms with Crippen molar-refractivity contribution in [1.29, 1.82) is 0 Å². The van der Waals surface area contributed by atoms with Crippen LogP contribution in [-0.2, 0) is 6.54 Å². The maximum atomic E-state index is 6.27. The van der Waals surface area contributed by atoms with Crippen molar-refractivity contribution in [3.05, 3.63) is 51.5 Å². The summed E-state index contributed by atoms with van der Waals surface area (Å²) in [6.45, 7) is 2.63. The van der Waals surface area contributed by atoms with Crippen LogP contribution in [0.5, 0.6) is 17.2 Å². The van der Waals surface area contributed by atoms with E-state index in [1.54, 1.807) is 27.4 Å². The van der Waals surface area contributed by atoms with Crippen molar-refractivity contribution in [1.82, 2.24) is 5.32 Å². The molecule has 0 fully saturated rings. The second kappa shape index (κ2) is 8.47. The molecule has 6 heteroatoms. The Labute approximate surface area is 152 Å². The van der Waals surface area contributed by atoms with Gasteiger partial charge in [-0.1, -0.05) is 35.3 Å². The standard InChI is InChI=1S/C18H21Cl2NO3/c1-11(14-7-6-13(19)9-15(14)20)21-10-12-5-8-16(22-2)18(24-4)17(12)23-3/h5-9,11,21H,10H2,1-4H3/t11-/m0/s1. The van der Waals surface area contributed by atoms with Crippen LogP contribution in [0, 0.1) is 0 Å². The molecule has 0 spiro atoms. The summed E-state index contributed by atoms with van der Waals surface area (Å²) in [4.78, 5) is 0. The van der Waals surface area contributed by atoms with E-state index in [0.29, 0.717) is 33.8 Å². The van der Waals surface area contributed by atoms with Gasteiger partial charge in [-0.2, -0.15) is 0 Å². The van der Waals surface area contributed by atoms with Crippen LogP contribution in [0.3, 0.4) is 0 Å². The van der Waals surface area contributed by atoms with Crippen LogP contribution in [-0.4, -0.2) is 21.3 Å². The topological polar surface area (TPSA) is 39.7 Å². The number of benzene rings is 2. The number of halogens is 2. The number of hydrogen-bond donors (Lipinski definition) is 1. The average Bonchev–Trinajstić information content (AvgIpc) is 2.58. The zero-order chi connectivity index (χ0) is 17.7. The SMILES string of the molecule is COc1ccc(CN[C@@H](C)c2ccc(Cl)cc2Cl)c(OC)c1OC. The van der Waals surface area contributed by atoms with E-state index in [-0.39, 0.29) is 6.04 Å². The summed E-state index contributed by atoms with van der Waals surface area (Å²) in [5, 5.41) is 4.70. The third kappa shape index (κ3) is 4.07. The zero-order valence-corrected chi connectivity index (χ0v) is 15.7. The molecule has 0 aliphatic heterocycles. The van der Waals surface area contributed by atoms with Gasteiger partial charge in [-0.15, -0.1) is 0 Å². The van der Waals surface area contributed by atoms with Crippen LogP contribution < -0.4 is 19.5 Å². The fourth-order valence-electron chi connectivity index (χ4n) is 2.53. The Morgan fingerprint density at radius 2 is 1.67 bits per heavy atom. The third-order valence-electron chi connectivity index (χ3n) is 3.81. The monoisotopic (exact) mass is 369 g/mol. The normalized spacial score (nSPS) is 11.9. The molecule has 0 aliphatic rings. The minimum Gasteiger partial charge on any atom is -0.493 e. The van der Waals surface area contributed by atoms with Crippen molar-refractivity contribution in [2.24, 2.45) is 0 Å². The molecule has 0 heterocycles. The van der Waals surface area contributed by atoms with E-state index < -0.39 is 0 Å². The predicted molar refractivity (Wildman–Crippen MR) is 97.8 cm³/mol. The summed E-state index contributed by atoms with van der Waals surface area (Å²) in [7, 11) is 4.80. The molecular weight excluding hydrogens is 349 g/mol. The number of hydrogen-bond acceptors (Lipinski definition) is 4. The van der Waals surface area contributed by atoms with Gasteiger partial charge in [0.25, 0.3) is 0 Å². The van der Waals surface area contributed by atoms with Gasteiger partial charge in [-0.3, -0.25) is 0 Å². The Balaban J connectivity index is 2.19. The lowest BCUT2D eigenvalue weighted by molar-refractivity contribution is 0.321. The van der Waals surface area contributed by atoms with Gasteiger partial charge in [0, 0.05) is 28.2 Å². The molecule has 0 aromatic heterocycles. The predicted octanol–water partition coefficient (Wildman–Crippen LogP) is 4.87. The summed E-state index contributed by atoms with van der Waals surface area (Å²) in [6, 6.07) is 9.36. The first kappa shape index (κ1) is 18.7. The summed E-state index contributed by atoms with van der Waals surface area (Å²) in [5.41, 5.74) is 1.95. The third-order valence-corrected chi connectivity index (χ3v) is 4.38. The molecule has 2 rings (SSSR count). The van der Waals surface area contributed by atoms with E-state index in [1.165, 1.54) is 0 Å². The Hall–Kier alpha value is -1.62. The van der Waals surface area contributed by atoms with Crippen LogP contribution >= 0.6 is 23.2 Å². The Bertz CT molecular complexity index is 707. The molecule has 2 aromatic carbocycles. The molecule has 0 unspecified atom stereocenters. The van der Waals surface area contributed by atoms with E-state index in [9.17, 15) is 0 Å². The quantitative estimate of drug-likeness (QED) is 0.755. The Kier molecular flexibility index (Phi) is 6.60. The molecule has 0 saturated heterocycles. The van der Waals surface area contributed by atoms with Crippen molar-refractivity contribution in [3.63, 3.8) is 0 Å². The lowest BCUT2D eigenvalue weighted by Crippen LogP contribution is -2.19. The maximum absolute atomic E-state index is 6.27. The number of rotatable bonds is 7. The highest BCUT2D eigenvalue weighted by Crippen LogP contribution is 2.40. The summed E-state index contributed by atoms with van der Waals surface area (Å²) < 4.78 is 16.2. The van der Waals surface area contributed by atoms with Gasteiger partial charge in [0.1, 0.15) is 0 Å². The van der Waals surface area contributed by atoms with Gasteiger partial charge in [0.2, 0.25) is 5.75 Å². The minimum atomic E-state index is 0.0487. The number of methoxy groups -OCH3 is 3. The highest BCUT2D eigenvalue weighted by atomic mass is 35.5. The summed E-state index contributed by atoms with van der Waals surface area (Å²) in [6.07, 6.45) is 0. The van der Waals surface area contributed by atoms with Gasteiger partial charge < -0.3 is 19.5 Å². The maximum Gasteiger partial charge on any atom is 0.203 e. The van der Waals surface area contributed by atoms with Crippen molar-refractivity contribution in [3.8, 4) is 17.2 Å². The van der Waals surface area contributed by atoms with E-state index in [2.05, 4.69) is 5.32 Å². The Morgan fingerprint density at radius 3 is 2.25 bits per heavy atom. The van der Waals surface area contributed by atoms with Crippen LogP contribution in [0.1, 0.15) is 24.1 Å². The highest BCUT2D eigenvalue weighted by Gasteiger charge is 2.17. The van der Waals surface area contributed by atoms with Gasteiger partial charge in [-0.25, -0.2) is 0 Å². The van der Waals surface area contributed by atoms with E-state index in [0.717, 1.165) is 11.1 Å². The molecule has 2 aromatic rings. The summed E-state index contributed by atoms with van der Waals surface area (Å²) in [5.74, 6) is 1.86. The first-order valence-corrected chi connectivity index (χ1v) is 8.23. The molecule has 0 radical (unpaired) electrons. The number of ether oxygens (including phenoxy) is 3. The number of nitrogens with one attached hydrogen (secondary N) is 1. The first-order chi connectivity index (χ1) is 11.5. The van der Waals surface area contributed by atoms with Gasteiger partial charge in [0.15, 0.2) is 11.5 Å². The second-order valence-corrected chi connectivity index (χ2v) is 6.11.